The highest BCUT2D eigenvalue weighted by atomic mass is 16.5. The van der Waals surface area contributed by atoms with Crippen LogP contribution in [0.2, 0.25) is 0 Å². The van der Waals surface area contributed by atoms with Crippen LogP contribution in [0.15, 0.2) is 0 Å². The van der Waals surface area contributed by atoms with Crippen molar-refractivity contribution in [3.8, 4) is 0 Å². The summed E-state index contributed by atoms with van der Waals surface area (Å²) in [5.74, 6) is -1.85. The molecule has 0 spiro atoms. The maximum atomic E-state index is 12.2. The Kier molecular flexibility index (Phi) is 4.45. The third kappa shape index (κ3) is 3.08. The van der Waals surface area contributed by atoms with E-state index >= 15 is 0 Å². The molecule has 5 nitrogen and oxygen atoms in total. The van der Waals surface area contributed by atoms with Crippen LogP contribution in [0, 0.1) is 11.8 Å². The summed E-state index contributed by atoms with van der Waals surface area (Å²) in [5.41, 5.74) is -0.205. The van der Waals surface area contributed by atoms with Crippen molar-refractivity contribution in [1.29, 1.82) is 0 Å². The van der Waals surface area contributed by atoms with Gasteiger partial charge in [-0.2, -0.15) is 0 Å². The molecule has 0 heterocycles. The first kappa shape index (κ1) is 14.3. The zero-order valence-electron chi connectivity index (χ0n) is 11.5. The van der Waals surface area contributed by atoms with Crippen molar-refractivity contribution in [3.63, 3.8) is 0 Å². The molecule has 5 heteroatoms. The Morgan fingerprint density at radius 1 is 1.21 bits per heavy atom. The minimum atomic E-state index is -0.843. The zero-order valence-corrected chi connectivity index (χ0v) is 11.5. The number of hydrogen-bond acceptors (Lipinski definition) is 3. The summed E-state index contributed by atoms with van der Waals surface area (Å²) in [6.07, 6.45) is 6.21. The maximum absolute atomic E-state index is 12.2. The molecule has 0 aliphatic heterocycles. The van der Waals surface area contributed by atoms with E-state index in [4.69, 9.17) is 4.74 Å². The second-order valence-corrected chi connectivity index (χ2v) is 5.79. The monoisotopic (exact) mass is 269 g/mol. The van der Waals surface area contributed by atoms with Gasteiger partial charge >= 0.3 is 5.97 Å². The molecule has 19 heavy (non-hydrogen) atoms. The van der Waals surface area contributed by atoms with E-state index in [0.29, 0.717) is 19.4 Å². The van der Waals surface area contributed by atoms with Crippen LogP contribution in [-0.2, 0) is 14.3 Å². The molecule has 2 aliphatic rings. The van der Waals surface area contributed by atoms with Gasteiger partial charge in [-0.15, -0.1) is 0 Å². The molecule has 0 aromatic rings. The predicted molar refractivity (Wildman–Crippen MR) is 69.7 cm³/mol. The average Bonchev–Trinajstić information content (AvgIpc) is 2.37. The van der Waals surface area contributed by atoms with Crippen LogP contribution >= 0.6 is 0 Å². The fourth-order valence-electron chi connectivity index (χ4n) is 3.14. The van der Waals surface area contributed by atoms with Crippen LogP contribution < -0.4 is 5.32 Å². The maximum Gasteiger partial charge on any atom is 0.307 e. The van der Waals surface area contributed by atoms with Crippen molar-refractivity contribution >= 4 is 11.9 Å². The number of nitrogens with one attached hydrogen (secondary N) is 1. The molecular formula is C14H23NO4. The lowest BCUT2D eigenvalue weighted by atomic mass is 9.77. The van der Waals surface area contributed by atoms with Gasteiger partial charge in [0.25, 0.3) is 0 Å². The number of carbonyl (C=O) groups is 2. The molecular weight excluding hydrogens is 246 g/mol. The summed E-state index contributed by atoms with van der Waals surface area (Å²) in [6, 6.07) is 0. The smallest absolute Gasteiger partial charge is 0.307 e. The molecule has 2 N–H and O–H groups in total. The van der Waals surface area contributed by atoms with Crippen molar-refractivity contribution in [3.05, 3.63) is 0 Å². The van der Waals surface area contributed by atoms with Crippen molar-refractivity contribution in [2.45, 2.75) is 50.5 Å². The van der Waals surface area contributed by atoms with Crippen LogP contribution in [0.3, 0.4) is 0 Å². The van der Waals surface area contributed by atoms with Gasteiger partial charge in [0.2, 0.25) is 5.91 Å². The van der Waals surface area contributed by atoms with E-state index in [1.54, 1.807) is 7.11 Å². The lowest BCUT2D eigenvalue weighted by Gasteiger charge is -2.41. The van der Waals surface area contributed by atoms with Crippen molar-refractivity contribution in [2.24, 2.45) is 11.8 Å². The van der Waals surface area contributed by atoms with Crippen LogP contribution in [0.1, 0.15) is 44.9 Å². The third-order valence-corrected chi connectivity index (χ3v) is 4.70. The third-order valence-electron chi connectivity index (χ3n) is 4.70. The lowest BCUT2D eigenvalue weighted by molar-refractivity contribution is -0.149. The number of hydrogen-bond donors (Lipinski definition) is 2. The predicted octanol–water partition coefficient (Wildman–Crippen LogP) is 1.56. The minimum Gasteiger partial charge on any atom is -0.481 e. The van der Waals surface area contributed by atoms with E-state index < -0.39 is 11.9 Å². The Morgan fingerprint density at radius 3 is 2.32 bits per heavy atom. The van der Waals surface area contributed by atoms with Gasteiger partial charge in [0.15, 0.2) is 0 Å². The summed E-state index contributed by atoms with van der Waals surface area (Å²) >= 11 is 0. The minimum absolute atomic E-state index is 0.115. The van der Waals surface area contributed by atoms with Crippen molar-refractivity contribution < 1.29 is 19.4 Å². The molecule has 2 rings (SSSR count). The summed E-state index contributed by atoms with van der Waals surface area (Å²) in [4.78, 5) is 23.4. The first-order valence-electron chi connectivity index (χ1n) is 7.14. The molecule has 0 aromatic carbocycles. The topological polar surface area (TPSA) is 75.6 Å². The van der Waals surface area contributed by atoms with Gasteiger partial charge in [0.05, 0.1) is 17.4 Å². The fraction of sp³-hybridized carbons (Fsp3) is 0.857. The normalized spacial score (nSPS) is 29.3. The Morgan fingerprint density at radius 2 is 1.84 bits per heavy atom. The molecule has 0 radical (unpaired) electrons. The van der Waals surface area contributed by atoms with Crippen LogP contribution in [-0.4, -0.2) is 36.2 Å². The molecule has 2 saturated carbocycles. The first-order chi connectivity index (χ1) is 9.08. The van der Waals surface area contributed by atoms with E-state index in [2.05, 4.69) is 5.32 Å². The van der Waals surface area contributed by atoms with Gasteiger partial charge in [0.1, 0.15) is 0 Å². The number of carbonyl (C=O) groups excluding carboxylic acids is 1. The molecule has 1 amide bonds. The van der Waals surface area contributed by atoms with Crippen molar-refractivity contribution in [2.75, 3.05) is 13.7 Å². The van der Waals surface area contributed by atoms with Gasteiger partial charge in [-0.05, 0) is 32.1 Å². The number of carboxylic acid groups (broad SMARTS) is 1. The van der Waals surface area contributed by atoms with E-state index in [9.17, 15) is 14.7 Å². The molecule has 0 unspecified atom stereocenters. The summed E-state index contributed by atoms with van der Waals surface area (Å²) < 4.78 is 5.45. The van der Waals surface area contributed by atoms with Gasteiger partial charge in [-0.3, -0.25) is 9.59 Å². The van der Waals surface area contributed by atoms with Crippen LogP contribution in [0.5, 0.6) is 0 Å². The number of rotatable bonds is 5. The fourth-order valence-corrected chi connectivity index (χ4v) is 3.14. The van der Waals surface area contributed by atoms with Gasteiger partial charge < -0.3 is 15.2 Å². The molecule has 2 atom stereocenters. The highest BCUT2D eigenvalue weighted by molar-refractivity contribution is 5.84. The van der Waals surface area contributed by atoms with Gasteiger partial charge in [-0.1, -0.05) is 12.8 Å². The highest BCUT2D eigenvalue weighted by Crippen LogP contribution is 2.35. The number of aliphatic carboxylic acids is 1. The molecule has 0 bridgehead atoms. The Labute approximate surface area is 113 Å². The van der Waals surface area contributed by atoms with E-state index in [1.807, 2.05) is 0 Å². The molecule has 0 saturated heterocycles. The summed E-state index contributed by atoms with van der Waals surface area (Å²) in [7, 11) is 1.67. The van der Waals surface area contributed by atoms with Crippen molar-refractivity contribution in [1.82, 2.24) is 5.32 Å². The molecule has 0 aromatic heterocycles. The largest absolute Gasteiger partial charge is 0.481 e. The number of carboxylic acids is 1. The molecule has 108 valence electrons. The SMILES string of the molecule is COC1(CNC(=O)[C@@H]2CCCC[C@@H]2C(=O)O)CCC1. The number of amides is 1. The molecule has 2 aliphatic carbocycles. The zero-order chi connectivity index (χ0) is 13.9. The van der Waals surface area contributed by atoms with Crippen LogP contribution in [0.25, 0.3) is 0 Å². The Bertz CT molecular complexity index is 346. The quantitative estimate of drug-likeness (QED) is 0.794. The highest BCUT2D eigenvalue weighted by Gasteiger charge is 2.40. The molecule has 2 fully saturated rings. The Hall–Kier alpha value is -1.10. The number of methoxy groups -OCH3 is 1. The standard InChI is InChI=1S/C14H23NO4/c1-19-14(7-4-8-14)9-15-12(16)10-5-2-3-6-11(10)13(17)18/h10-11H,2-9H2,1H3,(H,15,16)(H,17,18)/t10-,11+/m1/s1. The lowest BCUT2D eigenvalue weighted by Crippen LogP contribution is -2.51. The van der Waals surface area contributed by atoms with E-state index in [-0.39, 0.29) is 17.4 Å². The van der Waals surface area contributed by atoms with Crippen LogP contribution in [0.4, 0.5) is 0 Å². The second-order valence-electron chi connectivity index (χ2n) is 5.79. The first-order valence-corrected chi connectivity index (χ1v) is 7.14. The average molecular weight is 269 g/mol. The van der Waals surface area contributed by atoms with E-state index in [1.165, 1.54) is 0 Å². The van der Waals surface area contributed by atoms with Gasteiger partial charge in [-0.25, -0.2) is 0 Å². The summed E-state index contributed by atoms with van der Waals surface area (Å²) in [5, 5.41) is 12.1. The van der Waals surface area contributed by atoms with Gasteiger partial charge in [0, 0.05) is 13.7 Å². The number of ether oxygens (including phenoxy) is 1. The second kappa shape index (κ2) is 5.90. The van der Waals surface area contributed by atoms with E-state index in [0.717, 1.165) is 32.1 Å². The summed E-state index contributed by atoms with van der Waals surface area (Å²) in [6.45, 7) is 0.505. The Balaban J connectivity index is 1.89.